The summed E-state index contributed by atoms with van der Waals surface area (Å²) in [5.74, 6) is -0.552. The molecule has 1 aromatic rings. The summed E-state index contributed by atoms with van der Waals surface area (Å²) in [6.45, 7) is 1.29. The van der Waals surface area contributed by atoms with Crippen LogP contribution in [-0.2, 0) is 16.0 Å². The van der Waals surface area contributed by atoms with E-state index in [2.05, 4.69) is 10.6 Å². The lowest BCUT2D eigenvalue weighted by atomic mass is 10.1. The van der Waals surface area contributed by atoms with Crippen LogP contribution in [0.25, 0.3) is 0 Å². The zero-order valence-electron chi connectivity index (χ0n) is 10.1. The minimum atomic E-state index is -0.608. The molecule has 2 atom stereocenters. The molecule has 5 heteroatoms. The van der Waals surface area contributed by atoms with E-state index in [-0.39, 0.29) is 24.4 Å². The maximum Gasteiger partial charge on any atom is 0.239 e. The first kappa shape index (κ1) is 12.6. The van der Waals surface area contributed by atoms with Crippen LogP contribution >= 0.6 is 0 Å². The Balaban J connectivity index is 2.01. The number of aliphatic hydroxyl groups excluding tert-OH is 1. The average molecular weight is 248 g/mol. The SMILES string of the molecule is CC(=O)NCC(=O)NC1c2ccccc2CC1O. The topological polar surface area (TPSA) is 78.4 Å². The first-order valence-electron chi connectivity index (χ1n) is 5.87. The number of amides is 2. The first-order valence-corrected chi connectivity index (χ1v) is 5.87. The standard InChI is InChI=1S/C13H16N2O3/c1-8(16)14-7-12(18)15-13-10-5-3-2-4-9(10)6-11(13)17/h2-5,11,13,17H,6-7H2,1H3,(H,14,16)(H,15,18). The summed E-state index contributed by atoms with van der Waals surface area (Å²) in [5, 5.41) is 15.1. The van der Waals surface area contributed by atoms with Gasteiger partial charge in [-0.25, -0.2) is 0 Å². The van der Waals surface area contributed by atoms with E-state index >= 15 is 0 Å². The van der Waals surface area contributed by atoms with Crippen LogP contribution in [0.2, 0.25) is 0 Å². The third-order valence-corrected chi connectivity index (χ3v) is 3.02. The maximum absolute atomic E-state index is 11.6. The molecule has 0 heterocycles. The maximum atomic E-state index is 11.6. The van der Waals surface area contributed by atoms with Crippen molar-refractivity contribution in [1.82, 2.24) is 10.6 Å². The van der Waals surface area contributed by atoms with Gasteiger partial charge in [0.2, 0.25) is 11.8 Å². The average Bonchev–Trinajstić information content (AvgIpc) is 2.64. The minimum absolute atomic E-state index is 0.0687. The van der Waals surface area contributed by atoms with Gasteiger partial charge in [-0.15, -0.1) is 0 Å². The summed E-state index contributed by atoms with van der Waals surface area (Å²) >= 11 is 0. The Morgan fingerprint density at radius 1 is 1.39 bits per heavy atom. The van der Waals surface area contributed by atoms with Crippen LogP contribution in [0.15, 0.2) is 24.3 Å². The second-order valence-corrected chi connectivity index (χ2v) is 4.43. The number of carbonyl (C=O) groups excluding carboxylic acids is 2. The normalized spacial score (nSPS) is 21.2. The summed E-state index contributed by atoms with van der Waals surface area (Å²) in [5.41, 5.74) is 2.00. The molecule has 3 N–H and O–H groups in total. The van der Waals surface area contributed by atoms with Gasteiger partial charge in [0, 0.05) is 13.3 Å². The van der Waals surface area contributed by atoms with E-state index in [4.69, 9.17) is 0 Å². The molecule has 0 aliphatic heterocycles. The summed E-state index contributed by atoms with van der Waals surface area (Å²) in [7, 11) is 0. The predicted molar refractivity (Wildman–Crippen MR) is 65.7 cm³/mol. The Bertz CT molecular complexity index is 473. The van der Waals surface area contributed by atoms with Crippen LogP contribution in [-0.4, -0.2) is 29.6 Å². The van der Waals surface area contributed by atoms with Gasteiger partial charge in [-0.05, 0) is 11.1 Å². The second kappa shape index (κ2) is 5.18. The highest BCUT2D eigenvalue weighted by atomic mass is 16.3. The fraction of sp³-hybridized carbons (Fsp3) is 0.385. The molecule has 1 aliphatic carbocycles. The third-order valence-electron chi connectivity index (χ3n) is 3.02. The molecule has 2 rings (SSSR count). The van der Waals surface area contributed by atoms with Crippen molar-refractivity contribution in [3.05, 3.63) is 35.4 Å². The van der Waals surface area contributed by atoms with Crippen molar-refractivity contribution >= 4 is 11.8 Å². The molecule has 0 aromatic heterocycles. The lowest BCUT2D eigenvalue weighted by Gasteiger charge is -2.17. The van der Waals surface area contributed by atoms with Gasteiger partial charge in [-0.3, -0.25) is 9.59 Å². The number of hydrogen-bond acceptors (Lipinski definition) is 3. The van der Waals surface area contributed by atoms with Crippen LogP contribution in [0, 0.1) is 0 Å². The number of aliphatic hydroxyl groups is 1. The van der Waals surface area contributed by atoms with Crippen molar-refractivity contribution in [2.75, 3.05) is 6.54 Å². The van der Waals surface area contributed by atoms with Crippen LogP contribution in [0.3, 0.4) is 0 Å². The van der Waals surface area contributed by atoms with Crippen molar-refractivity contribution in [3.63, 3.8) is 0 Å². The number of carbonyl (C=O) groups is 2. The molecule has 5 nitrogen and oxygen atoms in total. The molecule has 0 fully saturated rings. The molecule has 0 radical (unpaired) electrons. The van der Waals surface area contributed by atoms with E-state index in [1.165, 1.54) is 6.92 Å². The number of rotatable bonds is 3. The van der Waals surface area contributed by atoms with E-state index in [1.54, 1.807) is 0 Å². The quantitative estimate of drug-likeness (QED) is 0.699. The summed E-state index contributed by atoms with van der Waals surface area (Å²) in [4.78, 5) is 22.3. The smallest absolute Gasteiger partial charge is 0.239 e. The van der Waals surface area contributed by atoms with Crippen molar-refractivity contribution in [2.45, 2.75) is 25.5 Å². The fourth-order valence-electron chi connectivity index (χ4n) is 2.18. The van der Waals surface area contributed by atoms with Crippen molar-refractivity contribution in [1.29, 1.82) is 0 Å². The number of nitrogens with one attached hydrogen (secondary N) is 2. The molecule has 18 heavy (non-hydrogen) atoms. The molecule has 2 amide bonds. The second-order valence-electron chi connectivity index (χ2n) is 4.43. The van der Waals surface area contributed by atoms with Crippen molar-refractivity contribution < 1.29 is 14.7 Å². The Morgan fingerprint density at radius 3 is 2.83 bits per heavy atom. The molecule has 0 saturated carbocycles. The molecule has 0 saturated heterocycles. The van der Waals surface area contributed by atoms with Gasteiger partial charge >= 0.3 is 0 Å². The van der Waals surface area contributed by atoms with Crippen molar-refractivity contribution in [2.24, 2.45) is 0 Å². The Labute approximate surface area is 105 Å². The lowest BCUT2D eigenvalue weighted by Crippen LogP contribution is -2.40. The van der Waals surface area contributed by atoms with E-state index in [9.17, 15) is 14.7 Å². The van der Waals surface area contributed by atoms with E-state index in [0.29, 0.717) is 6.42 Å². The molecule has 0 bridgehead atoms. The lowest BCUT2D eigenvalue weighted by molar-refractivity contribution is -0.125. The van der Waals surface area contributed by atoms with Gasteiger partial charge in [0.05, 0.1) is 18.7 Å². The molecule has 1 aliphatic rings. The van der Waals surface area contributed by atoms with Gasteiger partial charge in [0.1, 0.15) is 0 Å². The fourth-order valence-corrected chi connectivity index (χ4v) is 2.18. The van der Waals surface area contributed by atoms with Gasteiger partial charge in [0.15, 0.2) is 0 Å². The monoisotopic (exact) mass is 248 g/mol. The largest absolute Gasteiger partial charge is 0.390 e. The zero-order chi connectivity index (χ0) is 13.1. The summed E-state index contributed by atoms with van der Waals surface area (Å²) in [6.07, 6.45) is -0.0648. The minimum Gasteiger partial charge on any atom is -0.390 e. The van der Waals surface area contributed by atoms with Gasteiger partial charge < -0.3 is 15.7 Å². The molecular weight excluding hydrogens is 232 g/mol. The van der Waals surface area contributed by atoms with Crippen LogP contribution < -0.4 is 10.6 Å². The van der Waals surface area contributed by atoms with Crippen LogP contribution in [0.4, 0.5) is 0 Å². The van der Waals surface area contributed by atoms with Gasteiger partial charge in [0.25, 0.3) is 0 Å². The molecule has 0 spiro atoms. The highest BCUT2D eigenvalue weighted by molar-refractivity contribution is 5.84. The van der Waals surface area contributed by atoms with Crippen LogP contribution in [0.1, 0.15) is 24.1 Å². The van der Waals surface area contributed by atoms with E-state index in [1.807, 2.05) is 24.3 Å². The Kier molecular flexibility index (Phi) is 3.62. The summed E-state index contributed by atoms with van der Waals surface area (Å²) < 4.78 is 0. The highest BCUT2D eigenvalue weighted by Gasteiger charge is 2.31. The highest BCUT2D eigenvalue weighted by Crippen LogP contribution is 2.30. The van der Waals surface area contributed by atoms with Crippen LogP contribution in [0.5, 0.6) is 0 Å². The molecular formula is C13H16N2O3. The van der Waals surface area contributed by atoms with Gasteiger partial charge in [-0.1, -0.05) is 24.3 Å². The Hall–Kier alpha value is -1.88. The molecule has 96 valence electrons. The molecule has 2 unspecified atom stereocenters. The van der Waals surface area contributed by atoms with Crippen molar-refractivity contribution in [3.8, 4) is 0 Å². The van der Waals surface area contributed by atoms with E-state index in [0.717, 1.165) is 11.1 Å². The Morgan fingerprint density at radius 2 is 2.11 bits per heavy atom. The predicted octanol–water partition coefficient (Wildman–Crippen LogP) is -0.103. The zero-order valence-corrected chi connectivity index (χ0v) is 10.1. The molecule has 1 aromatic carbocycles. The third kappa shape index (κ3) is 2.68. The first-order chi connectivity index (χ1) is 8.58. The van der Waals surface area contributed by atoms with E-state index < -0.39 is 6.10 Å². The number of hydrogen-bond donors (Lipinski definition) is 3. The number of benzene rings is 1. The summed E-state index contributed by atoms with van der Waals surface area (Å²) in [6, 6.07) is 7.24. The van der Waals surface area contributed by atoms with Gasteiger partial charge in [-0.2, -0.15) is 0 Å². The number of fused-ring (bicyclic) bond motifs is 1.